The molecule has 2 N–H and O–H groups in total. The van der Waals surface area contributed by atoms with Gasteiger partial charge in [0.15, 0.2) is 0 Å². The van der Waals surface area contributed by atoms with Crippen LogP contribution in [0.2, 0.25) is 0 Å². The van der Waals surface area contributed by atoms with Crippen LogP contribution in [0.25, 0.3) is 0 Å². The van der Waals surface area contributed by atoms with Gasteiger partial charge in [0.05, 0.1) is 0 Å². The highest BCUT2D eigenvalue weighted by Crippen LogP contribution is 2.32. The largest absolute Gasteiger partial charge is 0.475 e. The van der Waals surface area contributed by atoms with Gasteiger partial charge < -0.3 is 14.9 Å². The van der Waals surface area contributed by atoms with Crippen molar-refractivity contribution in [3.05, 3.63) is 41.5 Å². The lowest BCUT2D eigenvalue weighted by Crippen LogP contribution is -2.06. The van der Waals surface area contributed by atoms with E-state index in [1.165, 1.54) is 5.56 Å². The first kappa shape index (κ1) is 10.8. The van der Waals surface area contributed by atoms with Crippen molar-refractivity contribution < 1.29 is 14.4 Å². The first-order chi connectivity index (χ1) is 8.74. The van der Waals surface area contributed by atoms with Crippen LogP contribution >= 0.6 is 0 Å². The monoisotopic (exact) mass is 245 g/mol. The Labute approximate surface area is 103 Å². The van der Waals surface area contributed by atoms with Gasteiger partial charge in [-0.05, 0) is 16.8 Å². The second-order valence-corrected chi connectivity index (χ2v) is 4.19. The van der Waals surface area contributed by atoms with Crippen LogP contribution in [0.1, 0.15) is 28.0 Å². The molecule has 1 atom stereocenters. The molecule has 0 fully saturated rings. The fourth-order valence-electron chi connectivity index (χ4n) is 2.17. The number of aromatic carboxylic acids is 1. The number of carboxylic acids is 1. The van der Waals surface area contributed by atoms with Gasteiger partial charge in [-0.1, -0.05) is 18.2 Å². The SMILES string of the molecule is O=C(O)c1noc(CC2CNc3ccccc32)n1. The molecule has 92 valence electrons. The van der Waals surface area contributed by atoms with Gasteiger partial charge in [-0.3, -0.25) is 0 Å². The zero-order chi connectivity index (χ0) is 12.5. The quantitative estimate of drug-likeness (QED) is 0.852. The summed E-state index contributed by atoms with van der Waals surface area (Å²) in [7, 11) is 0. The third-order valence-electron chi connectivity index (χ3n) is 3.02. The third kappa shape index (κ3) is 1.81. The molecule has 0 spiro atoms. The Bertz CT molecular complexity index is 594. The molecule has 0 saturated heterocycles. The summed E-state index contributed by atoms with van der Waals surface area (Å²) in [5.74, 6) is -0.863. The standard InChI is InChI=1S/C12H11N3O3/c16-12(17)11-14-10(18-15-11)5-7-6-13-9-4-2-1-3-8(7)9/h1-4,7,13H,5-6H2,(H,16,17). The van der Waals surface area contributed by atoms with Crippen LogP contribution in [0.4, 0.5) is 5.69 Å². The van der Waals surface area contributed by atoms with E-state index in [4.69, 9.17) is 9.63 Å². The second-order valence-electron chi connectivity index (χ2n) is 4.19. The third-order valence-corrected chi connectivity index (χ3v) is 3.02. The molecule has 3 rings (SSSR count). The van der Waals surface area contributed by atoms with Crippen molar-refractivity contribution in [2.24, 2.45) is 0 Å². The average Bonchev–Trinajstić information content (AvgIpc) is 2.98. The van der Waals surface area contributed by atoms with Gasteiger partial charge in [0, 0.05) is 24.6 Å². The molecule has 0 saturated carbocycles. The van der Waals surface area contributed by atoms with Gasteiger partial charge in [-0.15, -0.1) is 0 Å². The molecule has 2 aromatic rings. The Balaban J connectivity index is 1.80. The number of hydrogen-bond donors (Lipinski definition) is 2. The van der Waals surface area contributed by atoms with E-state index in [9.17, 15) is 4.79 Å². The van der Waals surface area contributed by atoms with Gasteiger partial charge in [0.1, 0.15) is 0 Å². The summed E-state index contributed by atoms with van der Waals surface area (Å²) in [6.45, 7) is 0.796. The highest BCUT2D eigenvalue weighted by molar-refractivity contribution is 5.82. The fraction of sp³-hybridized carbons (Fsp3) is 0.250. The first-order valence-corrected chi connectivity index (χ1v) is 5.62. The zero-order valence-corrected chi connectivity index (χ0v) is 9.46. The molecule has 0 aliphatic carbocycles. The lowest BCUT2D eigenvalue weighted by Gasteiger charge is -2.05. The van der Waals surface area contributed by atoms with E-state index in [1.54, 1.807) is 0 Å². The normalized spacial score (nSPS) is 17.2. The number of anilines is 1. The van der Waals surface area contributed by atoms with Crippen molar-refractivity contribution in [1.82, 2.24) is 10.1 Å². The van der Waals surface area contributed by atoms with Crippen LogP contribution < -0.4 is 5.32 Å². The number of carboxylic acid groups (broad SMARTS) is 1. The van der Waals surface area contributed by atoms with E-state index in [1.807, 2.05) is 18.2 Å². The number of carbonyl (C=O) groups is 1. The van der Waals surface area contributed by atoms with Gasteiger partial charge in [0.25, 0.3) is 5.82 Å². The predicted molar refractivity (Wildman–Crippen MR) is 62.6 cm³/mol. The minimum absolute atomic E-state index is 0.239. The number of para-hydroxylation sites is 1. The number of hydrogen-bond acceptors (Lipinski definition) is 5. The number of nitrogens with zero attached hydrogens (tertiary/aromatic N) is 2. The fourth-order valence-corrected chi connectivity index (χ4v) is 2.17. The van der Waals surface area contributed by atoms with Crippen molar-refractivity contribution in [2.45, 2.75) is 12.3 Å². The molecule has 1 aliphatic heterocycles. The van der Waals surface area contributed by atoms with E-state index in [0.29, 0.717) is 12.3 Å². The van der Waals surface area contributed by atoms with E-state index in [0.717, 1.165) is 12.2 Å². The van der Waals surface area contributed by atoms with Gasteiger partial charge in [-0.25, -0.2) is 4.79 Å². The van der Waals surface area contributed by atoms with Crippen molar-refractivity contribution in [2.75, 3.05) is 11.9 Å². The lowest BCUT2D eigenvalue weighted by atomic mass is 9.98. The van der Waals surface area contributed by atoms with Gasteiger partial charge in [0.2, 0.25) is 5.89 Å². The Morgan fingerprint density at radius 3 is 3.11 bits per heavy atom. The summed E-state index contributed by atoms with van der Waals surface area (Å²) < 4.78 is 4.93. The molecule has 1 unspecified atom stereocenters. The summed E-state index contributed by atoms with van der Waals surface area (Å²) in [6, 6.07) is 8.03. The molecule has 0 radical (unpaired) electrons. The number of fused-ring (bicyclic) bond motifs is 1. The van der Waals surface area contributed by atoms with Crippen LogP contribution in [0, 0.1) is 0 Å². The van der Waals surface area contributed by atoms with E-state index in [2.05, 4.69) is 21.5 Å². The molecule has 1 aliphatic rings. The molecule has 6 heteroatoms. The number of benzene rings is 1. The summed E-state index contributed by atoms with van der Waals surface area (Å²) in [6.07, 6.45) is 0.546. The van der Waals surface area contributed by atoms with Crippen molar-refractivity contribution >= 4 is 11.7 Å². The highest BCUT2D eigenvalue weighted by Gasteiger charge is 2.24. The zero-order valence-electron chi connectivity index (χ0n) is 9.46. The maximum Gasteiger partial charge on any atom is 0.377 e. The van der Waals surface area contributed by atoms with E-state index in [-0.39, 0.29) is 11.7 Å². The molecular formula is C12H11N3O3. The molecule has 18 heavy (non-hydrogen) atoms. The Morgan fingerprint density at radius 2 is 2.33 bits per heavy atom. The molecular weight excluding hydrogens is 234 g/mol. The Kier molecular flexibility index (Phi) is 2.47. The van der Waals surface area contributed by atoms with Crippen LogP contribution in [-0.2, 0) is 6.42 Å². The first-order valence-electron chi connectivity index (χ1n) is 5.62. The second kappa shape index (κ2) is 4.14. The number of nitrogens with one attached hydrogen (secondary N) is 1. The molecule has 2 heterocycles. The molecule has 1 aromatic carbocycles. The maximum atomic E-state index is 10.7. The minimum Gasteiger partial charge on any atom is -0.475 e. The highest BCUT2D eigenvalue weighted by atomic mass is 16.5. The number of aromatic nitrogens is 2. The summed E-state index contributed by atoms with van der Waals surface area (Å²) >= 11 is 0. The van der Waals surface area contributed by atoms with Crippen LogP contribution in [0.3, 0.4) is 0 Å². The van der Waals surface area contributed by atoms with E-state index >= 15 is 0 Å². The summed E-state index contributed by atoms with van der Waals surface area (Å²) in [5, 5.41) is 15.4. The topological polar surface area (TPSA) is 88.2 Å². The van der Waals surface area contributed by atoms with Crippen molar-refractivity contribution in [1.29, 1.82) is 0 Å². The maximum absolute atomic E-state index is 10.7. The van der Waals surface area contributed by atoms with Crippen molar-refractivity contribution in [3.63, 3.8) is 0 Å². The van der Waals surface area contributed by atoms with Gasteiger partial charge >= 0.3 is 5.97 Å². The van der Waals surface area contributed by atoms with Crippen LogP contribution in [-0.4, -0.2) is 27.8 Å². The molecule has 6 nitrogen and oxygen atoms in total. The minimum atomic E-state index is -1.17. The van der Waals surface area contributed by atoms with Crippen LogP contribution in [0.5, 0.6) is 0 Å². The number of rotatable bonds is 3. The Morgan fingerprint density at radius 1 is 1.50 bits per heavy atom. The summed E-state index contributed by atoms with van der Waals surface area (Å²) in [4.78, 5) is 14.5. The molecule has 0 bridgehead atoms. The lowest BCUT2D eigenvalue weighted by molar-refractivity contribution is 0.0680. The van der Waals surface area contributed by atoms with Crippen LogP contribution in [0.15, 0.2) is 28.8 Å². The van der Waals surface area contributed by atoms with E-state index < -0.39 is 5.97 Å². The molecule has 1 aromatic heterocycles. The summed E-state index contributed by atoms with van der Waals surface area (Å²) in [5.41, 5.74) is 2.31. The molecule has 0 amide bonds. The van der Waals surface area contributed by atoms with Gasteiger partial charge in [-0.2, -0.15) is 4.98 Å². The Hall–Kier alpha value is -2.37. The predicted octanol–water partition coefficient (Wildman–Crippen LogP) is 1.52. The average molecular weight is 245 g/mol. The van der Waals surface area contributed by atoms with Crippen molar-refractivity contribution in [3.8, 4) is 0 Å². The smallest absolute Gasteiger partial charge is 0.377 e.